The van der Waals surface area contributed by atoms with E-state index >= 15 is 0 Å². The number of urea groups is 1. The largest absolute Gasteiger partial charge is 0.468 e. The quantitative estimate of drug-likeness (QED) is 0.656. The van der Waals surface area contributed by atoms with Crippen molar-refractivity contribution in [3.63, 3.8) is 0 Å². The van der Waals surface area contributed by atoms with E-state index in [1.54, 1.807) is 6.92 Å². The van der Waals surface area contributed by atoms with E-state index in [0.29, 0.717) is 5.69 Å². The van der Waals surface area contributed by atoms with Crippen molar-refractivity contribution in [2.75, 3.05) is 6.61 Å². The number of carbonyl (C=O) groups excluding carboxylic acids is 1. The fourth-order valence-electron chi connectivity index (χ4n) is 2.13. The first kappa shape index (κ1) is 21.0. The lowest BCUT2D eigenvalue weighted by Gasteiger charge is -2.18. The van der Waals surface area contributed by atoms with Gasteiger partial charge in [0.2, 0.25) is 5.88 Å². The summed E-state index contributed by atoms with van der Waals surface area (Å²) in [5.41, 5.74) is 0.362. The Bertz CT molecular complexity index is 540. The minimum atomic E-state index is -4.44. The first-order valence-corrected chi connectivity index (χ1v) is 8.29. The molecule has 1 aromatic heterocycles. The summed E-state index contributed by atoms with van der Waals surface area (Å²) >= 11 is 0. The van der Waals surface area contributed by atoms with Crippen LogP contribution in [0.5, 0.6) is 5.88 Å². The van der Waals surface area contributed by atoms with Crippen molar-refractivity contribution >= 4 is 6.03 Å². The van der Waals surface area contributed by atoms with Gasteiger partial charge in [-0.25, -0.2) is 14.8 Å². The standard InChI is InChI=1S/C16H25F3N4O2/c1-4-5-6-7-11(2)22-15(24)23-12(3)13-8-14(21-10-20-13)25-9-16(17,18)19/h8,10-12H,4-7,9H2,1-3H3,(H2,22,23,24)/t11?,12-/m1/s1. The molecule has 2 N–H and O–H groups in total. The number of rotatable bonds is 9. The first-order valence-electron chi connectivity index (χ1n) is 8.29. The summed E-state index contributed by atoms with van der Waals surface area (Å²) in [6.45, 7) is 4.28. The summed E-state index contributed by atoms with van der Waals surface area (Å²) < 4.78 is 41.1. The molecular formula is C16H25F3N4O2. The maximum absolute atomic E-state index is 12.2. The highest BCUT2D eigenvalue weighted by Gasteiger charge is 2.28. The Labute approximate surface area is 145 Å². The number of aromatic nitrogens is 2. The number of ether oxygens (including phenoxy) is 1. The molecule has 0 aliphatic heterocycles. The van der Waals surface area contributed by atoms with Crippen LogP contribution >= 0.6 is 0 Å². The zero-order valence-electron chi connectivity index (χ0n) is 14.7. The molecular weight excluding hydrogens is 337 g/mol. The molecule has 0 fully saturated rings. The molecule has 142 valence electrons. The Balaban J connectivity index is 2.50. The molecule has 6 nitrogen and oxygen atoms in total. The van der Waals surface area contributed by atoms with Crippen LogP contribution in [0.2, 0.25) is 0 Å². The summed E-state index contributed by atoms with van der Waals surface area (Å²) in [5, 5.41) is 5.52. The third-order valence-electron chi connectivity index (χ3n) is 3.46. The average Bonchev–Trinajstić information content (AvgIpc) is 2.52. The highest BCUT2D eigenvalue weighted by atomic mass is 19.4. The third-order valence-corrected chi connectivity index (χ3v) is 3.46. The van der Waals surface area contributed by atoms with Gasteiger partial charge in [0.25, 0.3) is 0 Å². The van der Waals surface area contributed by atoms with Gasteiger partial charge in [-0.2, -0.15) is 13.2 Å². The van der Waals surface area contributed by atoms with Crippen LogP contribution in [0.1, 0.15) is 58.2 Å². The molecule has 0 bridgehead atoms. The lowest BCUT2D eigenvalue weighted by atomic mass is 10.1. The highest BCUT2D eigenvalue weighted by Crippen LogP contribution is 2.18. The molecule has 9 heteroatoms. The molecule has 0 aliphatic rings. The lowest BCUT2D eigenvalue weighted by Crippen LogP contribution is -2.41. The van der Waals surface area contributed by atoms with Crippen molar-refractivity contribution in [3.8, 4) is 5.88 Å². The number of halogens is 3. The van der Waals surface area contributed by atoms with Crippen LogP contribution < -0.4 is 15.4 Å². The fourth-order valence-corrected chi connectivity index (χ4v) is 2.13. The fraction of sp³-hybridized carbons (Fsp3) is 0.688. The van der Waals surface area contributed by atoms with Crippen LogP contribution in [0.4, 0.5) is 18.0 Å². The third kappa shape index (κ3) is 9.11. The minimum Gasteiger partial charge on any atom is -0.468 e. The Morgan fingerprint density at radius 2 is 1.96 bits per heavy atom. The van der Waals surface area contributed by atoms with E-state index in [-0.39, 0.29) is 18.0 Å². The van der Waals surface area contributed by atoms with E-state index in [1.165, 1.54) is 6.07 Å². The van der Waals surface area contributed by atoms with Crippen molar-refractivity contribution in [2.45, 2.75) is 64.7 Å². The van der Waals surface area contributed by atoms with Crippen LogP contribution in [0.15, 0.2) is 12.4 Å². The SMILES string of the molecule is CCCCCC(C)NC(=O)N[C@H](C)c1cc(OCC(F)(F)F)ncn1. The van der Waals surface area contributed by atoms with Gasteiger partial charge in [-0.1, -0.05) is 26.2 Å². The van der Waals surface area contributed by atoms with Gasteiger partial charge in [-0.05, 0) is 20.3 Å². The Morgan fingerprint density at radius 3 is 2.60 bits per heavy atom. The predicted octanol–water partition coefficient (Wildman–Crippen LogP) is 3.75. The zero-order chi connectivity index (χ0) is 18.9. The van der Waals surface area contributed by atoms with Crippen molar-refractivity contribution < 1.29 is 22.7 Å². The van der Waals surface area contributed by atoms with Crippen molar-refractivity contribution in [1.82, 2.24) is 20.6 Å². The van der Waals surface area contributed by atoms with Gasteiger partial charge in [0, 0.05) is 12.1 Å². The number of alkyl halides is 3. The van der Waals surface area contributed by atoms with Crippen LogP contribution in [-0.2, 0) is 0 Å². The lowest BCUT2D eigenvalue weighted by molar-refractivity contribution is -0.154. The average molecular weight is 362 g/mol. The second-order valence-electron chi connectivity index (χ2n) is 5.92. The second kappa shape index (κ2) is 10.0. The first-order chi connectivity index (χ1) is 11.7. The van der Waals surface area contributed by atoms with E-state index in [1.807, 2.05) is 6.92 Å². The van der Waals surface area contributed by atoms with Crippen molar-refractivity contribution in [3.05, 3.63) is 18.1 Å². The minimum absolute atomic E-state index is 0.0369. The van der Waals surface area contributed by atoms with E-state index in [9.17, 15) is 18.0 Å². The Kier molecular flexibility index (Phi) is 8.44. The van der Waals surface area contributed by atoms with Gasteiger partial charge >= 0.3 is 12.2 Å². The van der Waals surface area contributed by atoms with Crippen LogP contribution in [0.3, 0.4) is 0 Å². The number of unbranched alkanes of at least 4 members (excludes halogenated alkanes) is 2. The molecule has 1 aromatic rings. The van der Waals surface area contributed by atoms with Gasteiger partial charge in [0.15, 0.2) is 6.61 Å². The zero-order valence-corrected chi connectivity index (χ0v) is 14.7. The molecule has 1 heterocycles. The van der Waals surface area contributed by atoms with E-state index in [2.05, 4.69) is 32.3 Å². The van der Waals surface area contributed by atoms with E-state index in [0.717, 1.165) is 32.0 Å². The summed E-state index contributed by atoms with van der Waals surface area (Å²) in [6.07, 6.45) is 0.819. The number of nitrogens with one attached hydrogen (secondary N) is 2. The van der Waals surface area contributed by atoms with Gasteiger partial charge in [-0.15, -0.1) is 0 Å². The molecule has 0 aliphatic carbocycles. The Hall–Kier alpha value is -2.06. The molecule has 25 heavy (non-hydrogen) atoms. The van der Waals surface area contributed by atoms with E-state index < -0.39 is 18.8 Å². The van der Waals surface area contributed by atoms with Crippen molar-refractivity contribution in [2.24, 2.45) is 0 Å². The molecule has 0 saturated carbocycles. The molecule has 1 unspecified atom stereocenters. The monoisotopic (exact) mass is 362 g/mol. The van der Waals surface area contributed by atoms with Gasteiger partial charge in [0.05, 0.1) is 11.7 Å². The van der Waals surface area contributed by atoms with Crippen LogP contribution in [0.25, 0.3) is 0 Å². The molecule has 2 amide bonds. The van der Waals surface area contributed by atoms with Crippen LogP contribution in [0, 0.1) is 0 Å². The molecule has 0 radical (unpaired) electrons. The summed E-state index contributed by atoms with van der Waals surface area (Å²) in [6, 6.07) is 0.461. The number of carbonyl (C=O) groups is 1. The maximum Gasteiger partial charge on any atom is 0.422 e. The highest BCUT2D eigenvalue weighted by molar-refractivity contribution is 5.74. The summed E-state index contributed by atoms with van der Waals surface area (Å²) in [7, 11) is 0. The predicted molar refractivity (Wildman–Crippen MR) is 87.3 cm³/mol. The van der Waals surface area contributed by atoms with Crippen LogP contribution in [-0.4, -0.2) is 34.8 Å². The molecule has 0 saturated heterocycles. The molecule has 0 spiro atoms. The van der Waals surface area contributed by atoms with Gasteiger partial charge < -0.3 is 15.4 Å². The van der Waals surface area contributed by atoms with Gasteiger partial charge in [0.1, 0.15) is 6.33 Å². The van der Waals surface area contributed by atoms with Crippen molar-refractivity contribution in [1.29, 1.82) is 0 Å². The summed E-state index contributed by atoms with van der Waals surface area (Å²) in [4.78, 5) is 19.6. The second-order valence-corrected chi connectivity index (χ2v) is 5.92. The number of hydrogen-bond donors (Lipinski definition) is 2. The van der Waals surface area contributed by atoms with Gasteiger partial charge in [-0.3, -0.25) is 0 Å². The topological polar surface area (TPSA) is 76.1 Å². The number of amides is 2. The summed E-state index contributed by atoms with van der Waals surface area (Å²) in [5.74, 6) is -0.190. The molecule has 1 rings (SSSR count). The normalized spacial score (nSPS) is 13.8. The Morgan fingerprint density at radius 1 is 1.24 bits per heavy atom. The maximum atomic E-state index is 12.2. The molecule has 0 aromatic carbocycles. The molecule has 2 atom stereocenters. The smallest absolute Gasteiger partial charge is 0.422 e. The van der Waals surface area contributed by atoms with E-state index in [4.69, 9.17) is 0 Å². The number of nitrogens with zero attached hydrogens (tertiary/aromatic N) is 2. The number of hydrogen-bond acceptors (Lipinski definition) is 4.